The summed E-state index contributed by atoms with van der Waals surface area (Å²) < 4.78 is 2.47. The van der Waals surface area contributed by atoms with Gasteiger partial charge in [-0.3, -0.25) is 0 Å². The van der Waals surface area contributed by atoms with E-state index in [1.165, 1.54) is 5.84 Å². The summed E-state index contributed by atoms with van der Waals surface area (Å²) >= 11 is 0.299. The molecule has 0 N–H and O–H groups in total. The van der Waals surface area contributed by atoms with Gasteiger partial charge in [-0.2, -0.15) is 0 Å². The van der Waals surface area contributed by atoms with E-state index in [2.05, 4.69) is 58.1 Å². The summed E-state index contributed by atoms with van der Waals surface area (Å²) in [4.78, 5) is 4.80. The van der Waals surface area contributed by atoms with Gasteiger partial charge in [0.05, 0.1) is 0 Å². The van der Waals surface area contributed by atoms with Crippen molar-refractivity contribution in [3.8, 4) is 0 Å². The molecule has 0 rings (SSSR count). The second kappa shape index (κ2) is 5.92. The Bertz CT molecular complexity index is 214. The molecular formula is C12H26AlN2+. The fourth-order valence-corrected chi connectivity index (χ4v) is 2.85. The molecule has 0 atom stereocenters. The quantitative estimate of drug-likeness (QED) is 0.409. The second-order valence-corrected chi connectivity index (χ2v) is 6.63. The standard InChI is InChI=1S/C11H23N2.CH3.Al/c1-8(2)12-10(11(5,6)7)13-9(3)4;;/h8-9H,1-7H3;1H3;/q-1;;+2. The predicted molar refractivity (Wildman–Crippen MR) is 70.6 cm³/mol. The van der Waals surface area contributed by atoms with Crippen molar-refractivity contribution in [3.05, 3.63) is 0 Å². The van der Waals surface area contributed by atoms with E-state index in [0.717, 1.165) is 0 Å². The van der Waals surface area contributed by atoms with Crippen LogP contribution in [0.3, 0.4) is 0 Å². The molecule has 3 heteroatoms. The first-order chi connectivity index (χ1) is 6.70. The molecule has 0 radical (unpaired) electrons. The van der Waals surface area contributed by atoms with Gasteiger partial charge in [0, 0.05) is 0 Å². The van der Waals surface area contributed by atoms with Crippen LogP contribution in [0, 0.1) is 5.41 Å². The number of rotatable bonds is 3. The molecule has 0 aromatic heterocycles. The van der Waals surface area contributed by atoms with E-state index >= 15 is 0 Å². The summed E-state index contributed by atoms with van der Waals surface area (Å²) in [5, 5.41) is 0. The van der Waals surface area contributed by atoms with Crippen LogP contribution in [-0.4, -0.2) is 37.2 Å². The minimum absolute atomic E-state index is 0.150. The average molecular weight is 225 g/mol. The van der Waals surface area contributed by atoms with Gasteiger partial charge in [-0.05, 0) is 0 Å². The zero-order chi connectivity index (χ0) is 12.2. The first-order valence-corrected chi connectivity index (χ1v) is 7.53. The van der Waals surface area contributed by atoms with Crippen LogP contribution in [0.5, 0.6) is 0 Å². The van der Waals surface area contributed by atoms with Crippen molar-refractivity contribution in [1.82, 2.24) is 3.88 Å². The first kappa shape index (κ1) is 15.0. The van der Waals surface area contributed by atoms with Crippen LogP contribution in [0.4, 0.5) is 0 Å². The van der Waals surface area contributed by atoms with Crippen molar-refractivity contribution < 1.29 is 0 Å². The normalized spacial score (nSPS) is 13.3. The zero-order valence-corrected chi connectivity index (χ0v) is 12.8. The molecule has 0 aromatic rings. The molecular weight excluding hydrogens is 199 g/mol. The predicted octanol–water partition coefficient (Wildman–Crippen LogP) is 3.22. The Balaban J connectivity index is 5.10. The fraction of sp³-hybridized carbons (Fsp3) is 0.917. The maximum absolute atomic E-state index is 4.80. The second-order valence-electron chi connectivity index (χ2n) is 5.56. The molecule has 0 aliphatic carbocycles. The van der Waals surface area contributed by atoms with Crippen molar-refractivity contribution in [2.45, 2.75) is 66.3 Å². The van der Waals surface area contributed by atoms with Crippen LogP contribution in [0.25, 0.3) is 0 Å². The van der Waals surface area contributed by atoms with E-state index in [0.29, 0.717) is 27.5 Å². The molecule has 0 aliphatic rings. The summed E-state index contributed by atoms with van der Waals surface area (Å²) in [6.45, 7) is 15.5. The number of aliphatic imine (C=N–C) groups is 1. The summed E-state index contributed by atoms with van der Waals surface area (Å²) in [6, 6.07) is 0.938. The summed E-state index contributed by atoms with van der Waals surface area (Å²) in [5.41, 5.74) is 0.150. The Hall–Kier alpha value is 0.00247. The third-order valence-corrected chi connectivity index (χ3v) is 3.53. The van der Waals surface area contributed by atoms with Gasteiger partial charge in [0.2, 0.25) is 0 Å². The van der Waals surface area contributed by atoms with Crippen molar-refractivity contribution in [2.24, 2.45) is 10.4 Å². The topological polar surface area (TPSA) is 15.6 Å². The Morgan fingerprint density at radius 3 is 1.80 bits per heavy atom. The third kappa shape index (κ3) is 5.04. The molecule has 0 aliphatic heterocycles. The van der Waals surface area contributed by atoms with Crippen molar-refractivity contribution >= 4 is 21.3 Å². The van der Waals surface area contributed by atoms with Crippen LogP contribution >= 0.6 is 0 Å². The maximum atomic E-state index is 4.80. The third-order valence-electron chi connectivity index (χ3n) is 2.13. The average Bonchev–Trinajstić information content (AvgIpc) is 2.00. The van der Waals surface area contributed by atoms with Crippen LogP contribution in [0.1, 0.15) is 48.5 Å². The molecule has 0 spiro atoms. The van der Waals surface area contributed by atoms with Gasteiger partial charge >= 0.3 is 102 Å². The molecule has 0 heterocycles. The van der Waals surface area contributed by atoms with Crippen LogP contribution in [-0.2, 0) is 0 Å². The molecule has 0 bridgehead atoms. The van der Waals surface area contributed by atoms with E-state index in [1.54, 1.807) is 0 Å². The van der Waals surface area contributed by atoms with Crippen LogP contribution in [0.2, 0.25) is 5.79 Å². The van der Waals surface area contributed by atoms with E-state index < -0.39 is 0 Å². The van der Waals surface area contributed by atoms with Crippen LogP contribution < -0.4 is 0 Å². The summed E-state index contributed by atoms with van der Waals surface area (Å²) in [6.07, 6.45) is 0. The van der Waals surface area contributed by atoms with Gasteiger partial charge in [0.25, 0.3) is 0 Å². The summed E-state index contributed by atoms with van der Waals surface area (Å²) in [5.74, 6) is 3.55. The van der Waals surface area contributed by atoms with Crippen molar-refractivity contribution in [1.29, 1.82) is 0 Å². The van der Waals surface area contributed by atoms with E-state index in [4.69, 9.17) is 4.99 Å². The summed E-state index contributed by atoms with van der Waals surface area (Å²) in [7, 11) is 0. The molecule has 0 saturated carbocycles. The minimum atomic E-state index is 0.150. The number of hydrogen-bond donors (Lipinski definition) is 0. The van der Waals surface area contributed by atoms with E-state index in [1.807, 2.05) is 0 Å². The number of amidine groups is 1. The monoisotopic (exact) mass is 225 g/mol. The van der Waals surface area contributed by atoms with Gasteiger partial charge in [-0.1, -0.05) is 0 Å². The number of nitrogens with zero attached hydrogens (tertiary/aromatic N) is 2. The fourth-order valence-electron chi connectivity index (χ4n) is 1.56. The Labute approximate surface area is 102 Å². The van der Waals surface area contributed by atoms with Crippen molar-refractivity contribution in [2.75, 3.05) is 0 Å². The van der Waals surface area contributed by atoms with Gasteiger partial charge in [0.15, 0.2) is 0 Å². The zero-order valence-electron chi connectivity index (χ0n) is 11.6. The molecule has 15 heavy (non-hydrogen) atoms. The van der Waals surface area contributed by atoms with Crippen LogP contribution in [0.15, 0.2) is 4.99 Å². The first-order valence-electron chi connectivity index (χ1n) is 5.86. The SMILES string of the molecule is [CH3][Al+][N](C(=NC(C)C)C(C)(C)C)C(C)C. The number of hydrogen-bond acceptors (Lipinski definition) is 1. The molecule has 2 nitrogen and oxygen atoms in total. The van der Waals surface area contributed by atoms with E-state index in [-0.39, 0.29) is 5.41 Å². The van der Waals surface area contributed by atoms with Gasteiger partial charge in [-0.25, -0.2) is 0 Å². The Morgan fingerprint density at radius 1 is 1.13 bits per heavy atom. The molecule has 0 unspecified atom stereocenters. The molecule has 0 aromatic carbocycles. The molecule has 0 saturated heterocycles. The Kier molecular flexibility index (Phi) is 5.92. The molecule has 0 amide bonds. The molecule has 0 fully saturated rings. The van der Waals surface area contributed by atoms with E-state index in [9.17, 15) is 0 Å². The van der Waals surface area contributed by atoms with Gasteiger partial charge in [-0.15, -0.1) is 0 Å². The van der Waals surface area contributed by atoms with Gasteiger partial charge < -0.3 is 0 Å². The van der Waals surface area contributed by atoms with Crippen molar-refractivity contribution in [3.63, 3.8) is 0 Å². The van der Waals surface area contributed by atoms with Gasteiger partial charge in [0.1, 0.15) is 0 Å². The molecule has 86 valence electrons. The Morgan fingerprint density at radius 2 is 1.60 bits per heavy atom.